The quantitative estimate of drug-likeness (QED) is 0.142. The Labute approximate surface area is 605 Å². The van der Waals surface area contributed by atoms with Gasteiger partial charge in [-0.1, -0.05) is 261 Å². The summed E-state index contributed by atoms with van der Waals surface area (Å²) in [6.45, 7) is -0.647. The molecule has 0 unspecified atom stereocenters. The molecule has 16 aromatic carbocycles. The van der Waals surface area contributed by atoms with Crippen molar-refractivity contribution >= 4 is 146 Å². The van der Waals surface area contributed by atoms with Crippen LogP contribution in [0.3, 0.4) is 0 Å². The van der Waals surface area contributed by atoms with Crippen LogP contribution < -0.4 is 52.1 Å². The molecule has 0 saturated carbocycles. The van der Waals surface area contributed by atoms with E-state index in [0.717, 1.165) is 184 Å². The van der Waals surface area contributed by atoms with Gasteiger partial charge >= 0.3 is 0 Å². The zero-order valence-corrected chi connectivity index (χ0v) is 56.7. The van der Waals surface area contributed by atoms with Gasteiger partial charge in [0.15, 0.2) is 5.58 Å². The molecule has 0 N–H and O–H groups in total. The molecule has 0 spiro atoms. The van der Waals surface area contributed by atoms with Gasteiger partial charge in [0.2, 0.25) is 0 Å². The summed E-state index contributed by atoms with van der Waals surface area (Å²) in [7, 11) is 0. The highest BCUT2D eigenvalue weighted by atomic mass is 16.5. The van der Waals surface area contributed by atoms with Crippen molar-refractivity contribution in [1.29, 1.82) is 0 Å². The van der Waals surface area contributed by atoms with Crippen LogP contribution in [-0.4, -0.2) is 22.6 Å². The number of furan rings is 1. The van der Waals surface area contributed by atoms with E-state index >= 15 is 0 Å². The van der Waals surface area contributed by atoms with Crippen LogP contribution in [0.15, 0.2) is 356 Å². The highest BCUT2D eigenvalue weighted by molar-refractivity contribution is 7.02. The zero-order valence-electron chi connectivity index (χ0n) is 56.7. The molecule has 0 saturated heterocycles. The lowest BCUT2D eigenvalue weighted by Crippen LogP contribution is -2.64. The van der Waals surface area contributed by atoms with Crippen molar-refractivity contribution in [2.75, 3.05) is 9.80 Å². The second-order valence-electron chi connectivity index (χ2n) is 28.1. The van der Waals surface area contributed by atoms with Crippen molar-refractivity contribution in [2.24, 2.45) is 0 Å². The lowest BCUT2D eigenvalue weighted by Gasteiger charge is -2.46. The van der Waals surface area contributed by atoms with E-state index in [-0.39, 0.29) is 13.4 Å². The van der Waals surface area contributed by atoms with Gasteiger partial charge in [0.1, 0.15) is 28.6 Å². The number of benzene rings is 16. The molecular formula is C96H58B2N4O3. The first-order valence-electron chi connectivity index (χ1n) is 36.1. The van der Waals surface area contributed by atoms with Gasteiger partial charge in [0.05, 0.1) is 33.4 Å². The Kier molecular flexibility index (Phi) is 12.3. The first kappa shape index (κ1) is 57.9. The van der Waals surface area contributed by atoms with Gasteiger partial charge in [-0.25, -0.2) is 0 Å². The average molecular weight is 1340 g/mol. The van der Waals surface area contributed by atoms with Gasteiger partial charge in [-0.2, -0.15) is 0 Å². The molecule has 0 fully saturated rings. The number of ether oxygens (including phenoxy) is 2. The molecule has 7 nitrogen and oxygen atoms in total. The van der Waals surface area contributed by atoms with Gasteiger partial charge in [-0.15, -0.1) is 0 Å². The van der Waals surface area contributed by atoms with Crippen molar-refractivity contribution in [3.63, 3.8) is 0 Å². The average Bonchev–Trinajstić information content (AvgIpc) is 1.29. The SMILES string of the molecule is c1ccc(-c2cc3c4c(c2)Oc2cc5c(cc2B4c2ccc(-n4c6ccccc6c6ccccc64)cc2O3)B2c3ccc(-n4c6ccccc6c6ccccc64)cc3N(c3cccc4c3oc3ccccc34)c3cc(-c4ccccc4)cc(c32)N5c2c(-c3ccccc3)cccc2-c2ccccc2)cc1. The number of nitrogens with zero attached hydrogens (tertiary/aromatic N) is 4. The van der Waals surface area contributed by atoms with Crippen LogP contribution in [0.2, 0.25) is 0 Å². The van der Waals surface area contributed by atoms with E-state index in [4.69, 9.17) is 13.9 Å². The summed E-state index contributed by atoms with van der Waals surface area (Å²) in [4.78, 5) is 5.15. The number of hydrogen-bond acceptors (Lipinski definition) is 5. The van der Waals surface area contributed by atoms with Crippen molar-refractivity contribution in [1.82, 2.24) is 9.13 Å². The van der Waals surface area contributed by atoms with Crippen LogP contribution in [-0.2, 0) is 0 Å². The zero-order chi connectivity index (χ0) is 68.5. The maximum Gasteiger partial charge on any atom is 0.260 e. The van der Waals surface area contributed by atoms with E-state index in [0.29, 0.717) is 0 Å². The van der Waals surface area contributed by atoms with Gasteiger partial charge in [-0.05, 0) is 140 Å². The molecule has 486 valence electrons. The fourth-order valence-electron chi connectivity index (χ4n) is 18.1. The van der Waals surface area contributed by atoms with E-state index in [2.05, 4.69) is 371 Å². The van der Waals surface area contributed by atoms with Crippen molar-refractivity contribution in [2.45, 2.75) is 0 Å². The van der Waals surface area contributed by atoms with E-state index in [1.54, 1.807) is 0 Å². The first-order valence-corrected chi connectivity index (χ1v) is 36.1. The maximum atomic E-state index is 7.75. The van der Waals surface area contributed by atoms with Crippen LogP contribution in [0.25, 0.3) is 121 Å². The minimum absolute atomic E-state index is 0.306. The summed E-state index contributed by atoms with van der Waals surface area (Å²) in [5, 5.41) is 6.94. The predicted molar refractivity (Wildman–Crippen MR) is 436 cm³/mol. The summed E-state index contributed by atoms with van der Waals surface area (Å²) in [5.41, 5.74) is 29.7. The minimum atomic E-state index is -0.341. The lowest BCUT2D eigenvalue weighted by atomic mass is 9.30. The standard InChI is InChI=1S/C96H58B2N4O3/c1-5-25-59(26-6-1)63-51-86-93-87(52-63)102(95-67(61-29-9-3-10-30-61)38-23-39-68(95)62-31-11-4-12-32-62)85-58-90-78(98-76-50-48-66(100-81-43-20-15-35-71(81)72-36-16-21-44-82(72)100)56-89(76)103-91-53-64(54-92(104-90)94(91)98)60-27-7-2-8-28-60)57-77(85)97(93)75-49-47-65(99-79-41-18-13-33-69(79)70-34-14-19-42-80(70)99)55-84(75)101(86)83-45-24-40-74-73-37-17-22-46-88(73)105-96(74)83/h1-58H. The Hall–Kier alpha value is -13.8. The topological polar surface area (TPSA) is 47.9 Å². The normalized spacial score (nSPS) is 13.0. The Morgan fingerprint density at radius 1 is 0.238 bits per heavy atom. The monoisotopic (exact) mass is 1340 g/mol. The fraction of sp³-hybridized carbons (Fsp3) is 0. The van der Waals surface area contributed by atoms with Crippen LogP contribution in [0, 0.1) is 0 Å². The van der Waals surface area contributed by atoms with Crippen LogP contribution in [0.4, 0.5) is 34.1 Å². The van der Waals surface area contributed by atoms with Gasteiger partial charge in [0.25, 0.3) is 13.4 Å². The molecule has 0 aliphatic carbocycles. The number of anilines is 6. The van der Waals surface area contributed by atoms with Gasteiger partial charge in [0, 0.05) is 95.2 Å². The number of para-hydroxylation sites is 7. The van der Waals surface area contributed by atoms with Gasteiger partial charge in [-0.3, -0.25) is 0 Å². The molecule has 0 amide bonds. The first-order chi connectivity index (χ1) is 52.1. The summed E-state index contributed by atoms with van der Waals surface area (Å²) >= 11 is 0. The third kappa shape index (κ3) is 8.52. The van der Waals surface area contributed by atoms with Crippen LogP contribution >= 0.6 is 0 Å². The highest BCUT2D eigenvalue weighted by Crippen LogP contribution is 2.54. The number of rotatable bonds is 8. The second kappa shape index (κ2) is 22.4. The smallest absolute Gasteiger partial charge is 0.260 e. The predicted octanol–water partition coefficient (Wildman–Crippen LogP) is 21.3. The molecule has 3 aromatic heterocycles. The van der Waals surface area contributed by atoms with E-state index < -0.39 is 0 Å². The van der Waals surface area contributed by atoms with Crippen LogP contribution in [0.1, 0.15) is 0 Å². The highest BCUT2D eigenvalue weighted by Gasteiger charge is 2.49. The molecule has 105 heavy (non-hydrogen) atoms. The Balaban J connectivity index is 0.851. The molecule has 0 radical (unpaired) electrons. The van der Waals surface area contributed by atoms with E-state index in [1.165, 1.54) is 27.0 Å². The molecule has 0 atom stereocenters. The lowest BCUT2D eigenvalue weighted by molar-refractivity contribution is 0.465. The molecule has 0 bridgehead atoms. The third-order valence-electron chi connectivity index (χ3n) is 22.6. The summed E-state index contributed by atoms with van der Waals surface area (Å²) in [5.74, 6) is 3.12. The summed E-state index contributed by atoms with van der Waals surface area (Å²) in [6.07, 6.45) is 0. The van der Waals surface area contributed by atoms with Crippen LogP contribution in [0.5, 0.6) is 23.0 Å². The van der Waals surface area contributed by atoms with E-state index in [9.17, 15) is 0 Å². The molecule has 19 aromatic rings. The Morgan fingerprint density at radius 3 is 1.25 bits per heavy atom. The van der Waals surface area contributed by atoms with E-state index in [1.807, 2.05) is 0 Å². The Morgan fingerprint density at radius 2 is 0.676 bits per heavy atom. The van der Waals surface area contributed by atoms with Crippen molar-refractivity contribution in [3.8, 4) is 78.9 Å². The Bertz CT molecular complexity index is 6720. The maximum absolute atomic E-state index is 7.75. The molecule has 4 aliphatic rings. The fourth-order valence-corrected chi connectivity index (χ4v) is 18.1. The number of aromatic nitrogens is 2. The molecular weight excluding hydrogens is 1280 g/mol. The number of hydrogen-bond donors (Lipinski definition) is 0. The van der Waals surface area contributed by atoms with Crippen molar-refractivity contribution in [3.05, 3.63) is 352 Å². The van der Waals surface area contributed by atoms with Gasteiger partial charge < -0.3 is 32.8 Å². The van der Waals surface area contributed by atoms with Crippen molar-refractivity contribution < 1.29 is 13.9 Å². The second-order valence-corrected chi connectivity index (χ2v) is 28.1. The summed E-state index contributed by atoms with van der Waals surface area (Å²) in [6, 6.07) is 129. The third-order valence-corrected chi connectivity index (χ3v) is 22.6. The minimum Gasteiger partial charge on any atom is -0.458 e. The summed E-state index contributed by atoms with van der Waals surface area (Å²) < 4.78 is 27.3. The molecule has 23 rings (SSSR count). The largest absolute Gasteiger partial charge is 0.458 e. The molecule has 7 heterocycles. The number of fused-ring (bicyclic) bond motifs is 17. The molecule has 9 heteroatoms. The molecule has 4 aliphatic heterocycles.